The van der Waals surface area contributed by atoms with Crippen molar-refractivity contribution in [1.82, 2.24) is 20.3 Å². The molecule has 1 aromatic carbocycles. The SMILES string of the molecule is CC1(C)CCN(c2cccc(-c3cnc4[nH]cc(OC(=O)NC(C)(C)CO)c4n3)c2)C1. The molecule has 1 amide bonds. The first-order valence-electron chi connectivity index (χ1n) is 10.5. The molecule has 164 valence electrons. The molecule has 8 heteroatoms. The highest BCUT2D eigenvalue weighted by atomic mass is 16.6. The lowest BCUT2D eigenvalue weighted by molar-refractivity contribution is 0.159. The van der Waals surface area contributed by atoms with Crippen LogP contribution in [0.2, 0.25) is 0 Å². The summed E-state index contributed by atoms with van der Waals surface area (Å²) in [5.74, 6) is 0.285. The Morgan fingerprint density at radius 2 is 2.19 bits per heavy atom. The number of benzene rings is 1. The summed E-state index contributed by atoms with van der Waals surface area (Å²) in [4.78, 5) is 26.7. The van der Waals surface area contributed by atoms with E-state index in [-0.39, 0.29) is 12.4 Å². The van der Waals surface area contributed by atoms with Gasteiger partial charge in [-0.15, -0.1) is 0 Å². The molecule has 31 heavy (non-hydrogen) atoms. The standard InChI is InChI=1S/C23H29N5O3/c1-22(2)8-9-28(13-22)16-7-5-6-15(10-16)17-11-24-20-19(26-17)18(12-25-20)31-21(30)27-23(3,4)14-29/h5-7,10-12,29H,8-9,13-14H2,1-4H3,(H,24,25)(H,27,30). The van der Waals surface area contributed by atoms with Crippen molar-refractivity contribution in [3.63, 3.8) is 0 Å². The highest BCUT2D eigenvalue weighted by Gasteiger charge is 2.29. The molecule has 3 heterocycles. The van der Waals surface area contributed by atoms with Gasteiger partial charge in [0.25, 0.3) is 0 Å². The summed E-state index contributed by atoms with van der Waals surface area (Å²) >= 11 is 0. The molecule has 2 aromatic heterocycles. The zero-order valence-electron chi connectivity index (χ0n) is 18.4. The van der Waals surface area contributed by atoms with Crippen molar-refractivity contribution in [2.24, 2.45) is 5.41 Å². The van der Waals surface area contributed by atoms with Gasteiger partial charge in [-0.25, -0.2) is 14.8 Å². The van der Waals surface area contributed by atoms with Crippen LogP contribution in [-0.2, 0) is 0 Å². The predicted octanol–water partition coefficient (Wildman–Crippen LogP) is 3.72. The summed E-state index contributed by atoms with van der Waals surface area (Å²) in [6.07, 6.45) is 3.78. The number of fused-ring (bicyclic) bond motifs is 1. The van der Waals surface area contributed by atoms with Gasteiger partial charge in [0, 0.05) is 30.5 Å². The van der Waals surface area contributed by atoms with Gasteiger partial charge in [-0.05, 0) is 37.8 Å². The lowest BCUT2D eigenvalue weighted by atomic mass is 9.93. The van der Waals surface area contributed by atoms with Gasteiger partial charge in [0.1, 0.15) is 0 Å². The highest BCUT2D eigenvalue weighted by molar-refractivity contribution is 5.84. The Bertz CT molecular complexity index is 1110. The Morgan fingerprint density at radius 3 is 2.90 bits per heavy atom. The number of nitrogens with zero attached hydrogens (tertiary/aromatic N) is 3. The smallest absolute Gasteiger partial charge is 0.406 e. The summed E-state index contributed by atoms with van der Waals surface area (Å²) in [6, 6.07) is 8.28. The van der Waals surface area contributed by atoms with E-state index in [0.29, 0.717) is 22.3 Å². The highest BCUT2D eigenvalue weighted by Crippen LogP contribution is 2.34. The summed E-state index contributed by atoms with van der Waals surface area (Å²) in [5.41, 5.74) is 3.36. The van der Waals surface area contributed by atoms with Gasteiger partial charge < -0.3 is 25.0 Å². The molecule has 0 atom stereocenters. The molecule has 0 spiro atoms. The number of hydrogen-bond donors (Lipinski definition) is 3. The first kappa shape index (κ1) is 21.1. The molecule has 0 radical (unpaired) electrons. The molecule has 0 unspecified atom stereocenters. The number of hydrogen-bond acceptors (Lipinski definition) is 6. The second-order valence-corrected chi connectivity index (χ2v) is 9.55. The Morgan fingerprint density at radius 1 is 1.39 bits per heavy atom. The average molecular weight is 424 g/mol. The Balaban J connectivity index is 1.59. The second kappa shape index (κ2) is 7.85. The van der Waals surface area contributed by atoms with E-state index < -0.39 is 11.6 Å². The zero-order chi connectivity index (χ0) is 22.2. The zero-order valence-corrected chi connectivity index (χ0v) is 18.4. The molecule has 0 aliphatic carbocycles. The molecule has 1 fully saturated rings. The number of aromatic amines is 1. The Labute approximate surface area is 181 Å². The third-order valence-electron chi connectivity index (χ3n) is 5.57. The first-order chi connectivity index (χ1) is 14.7. The number of rotatable bonds is 5. The van der Waals surface area contributed by atoms with Gasteiger partial charge in [0.2, 0.25) is 0 Å². The van der Waals surface area contributed by atoms with Gasteiger partial charge >= 0.3 is 6.09 Å². The van der Waals surface area contributed by atoms with Crippen molar-refractivity contribution in [3.8, 4) is 17.0 Å². The molecule has 8 nitrogen and oxygen atoms in total. The third-order valence-corrected chi connectivity index (χ3v) is 5.57. The molecule has 1 saturated heterocycles. The van der Waals surface area contributed by atoms with Gasteiger partial charge in [0.15, 0.2) is 16.9 Å². The van der Waals surface area contributed by atoms with Crippen molar-refractivity contribution in [3.05, 3.63) is 36.7 Å². The maximum Gasteiger partial charge on any atom is 0.413 e. The monoisotopic (exact) mass is 423 g/mol. The maximum atomic E-state index is 12.2. The van der Waals surface area contributed by atoms with E-state index in [2.05, 4.69) is 46.2 Å². The quantitative estimate of drug-likeness (QED) is 0.578. The molecule has 3 aromatic rings. The van der Waals surface area contributed by atoms with Crippen LogP contribution in [0.15, 0.2) is 36.7 Å². The summed E-state index contributed by atoms with van der Waals surface area (Å²) < 4.78 is 5.42. The fourth-order valence-corrected chi connectivity index (χ4v) is 3.72. The number of carbonyl (C=O) groups is 1. The predicted molar refractivity (Wildman–Crippen MR) is 120 cm³/mol. The van der Waals surface area contributed by atoms with Gasteiger partial charge in [-0.1, -0.05) is 26.0 Å². The van der Waals surface area contributed by atoms with E-state index in [0.717, 1.165) is 18.7 Å². The minimum Gasteiger partial charge on any atom is -0.406 e. The van der Waals surface area contributed by atoms with Crippen LogP contribution in [0.25, 0.3) is 22.4 Å². The van der Waals surface area contributed by atoms with Crippen LogP contribution in [0.4, 0.5) is 10.5 Å². The van der Waals surface area contributed by atoms with Crippen LogP contribution < -0.4 is 15.0 Å². The molecule has 1 aliphatic rings. The molecular weight excluding hydrogens is 394 g/mol. The summed E-state index contributed by atoms with van der Waals surface area (Å²) in [5, 5.41) is 12.0. The minimum absolute atomic E-state index is 0.204. The van der Waals surface area contributed by atoms with Crippen LogP contribution in [0.3, 0.4) is 0 Å². The molecule has 1 aliphatic heterocycles. The number of nitrogens with one attached hydrogen (secondary N) is 2. The van der Waals surface area contributed by atoms with Crippen LogP contribution in [0, 0.1) is 5.41 Å². The van der Waals surface area contributed by atoms with Crippen molar-refractivity contribution < 1.29 is 14.6 Å². The van der Waals surface area contributed by atoms with Crippen molar-refractivity contribution >= 4 is 22.9 Å². The van der Waals surface area contributed by atoms with E-state index in [1.54, 1.807) is 26.2 Å². The third kappa shape index (κ3) is 4.64. The van der Waals surface area contributed by atoms with Crippen molar-refractivity contribution in [1.29, 1.82) is 0 Å². The normalized spacial score (nSPS) is 16.0. The topological polar surface area (TPSA) is 103 Å². The number of aliphatic hydroxyl groups is 1. The minimum atomic E-state index is -0.787. The Kier molecular flexibility index (Phi) is 5.35. The lowest BCUT2D eigenvalue weighted by Gasteiger charge is -2.22. The van der Waals surface area contributed by atoms with E-state index in [9.17, 15) is 9.90 Å². The fraction of sp³-hybridized carbons (Fsp3) is 0.435. The van der Waals surface area contributed by atoms with E-state index >= 15 is 0 Å². The number of anilines is 1. The Hall–Kier alpha value is -3.13. The largest absolute Gasteiger partial charge is 0.413 e. The first-order valence-corrected chi connectivity index (χ1v) is 10.5. The van der Waals surface area contributed by atoms with Gasteiger partial charge in [0.05, 0.1) is 24.0 Å². The summed E-state index contributed by atoms with van der Waals surface area (Å²) in [7, 11) is 0. The van der Waals surface area contributed by atoms with Gasteiger partial charge in [-0.2, -0.15) is 0 Å². The van der Waals surface area contributed by atoms with Crippen LogP contribution >= 0.6 is 0 Å². The van der Waals surface area contributed by atoms with E-state index in [1.807, 2.05) is 12.1 Å². The maximum absolute atomic E-state index is 12.2. The number of aliphatic hydroxyl groups excluding tert-OH is 1. The van der Waals surface area contributed by atoms with Crippen LogP contribution in [0.1, 0.15) is 34.1 Å². The molecular formula is C23H29N5O3. The van der Waals surface area contributed by atoms with Crippen molar-refractivity contribution in [2.45, 2.75) is 39.7 Å². The molecule has 3 N–H and O–H groups in total. The molecule has 0 bridgehead atoms. The van der Waals surface area contributed by atoms with Crippen LogP contribution in [-0.4, -0.2) is 51.4 Å². The molecule has 0 saturated carbocycles. The van der Waals surface area contributed by atoms with Crippen LogP contribution in [0.5, 0.6) is 5.75 Å². The summed E-state index contributed by atoms with van der Waals surface area (Å²) in [6.45, 7) is 9.85. The number of aromatic nitrogens is 3. The van der Waals surface area contributed by atoms with Crippen molar-refractivity contribution in [2.75, 3.05) is 24.6 Å². The second-order valence-electron chi connectivity index (χ2n) is 9.55. The average Bonchev–Trinajstić information content (AvgIpc) is 3.30. The number of ether oxygens (including phenoxy) is 1. The number of H-pyrrole nitrogens is 1. The van der Waals surface area contributed by atoms with Gasteiger partial charge in [-0.3, -0.25) is 0 Å². The number of carbonyl (C=O) groups excluding carboxylic acids is 1. The van der Waals surface area contributed by atoms with E-state index in [4.69, 9.17) is 9.72 Å². The molecule has 4 rings (SSSR count). The number of amides is 1. The fourth-order valence-electron chi connectivity index (χ4n) is 3.72. The van der Waals surface area contributed by atoms with E-state index in [1.165, 1.54) is 12.1 Å². The lowest BCUT2D eigenvalue weighted by Crippen LogP contribution is -2.47.